The summed E-state index contributed by atoms with van der Waals surface area (Å²) < 4.78 is 36.4. The second-order valence-corrected chi connectivity index (χ2v) is 8.89. The van der Waals surface area contributed by atoms with E-state index >= 15 is 0 Å². The van der Waals surface area contributed by atoms with Gasteiger partial charge in [-0.05, 0) is 59.2 Å². The zero-order valence-electron chi connectivity index (χ0n) is 18.1. The first kappa shape index (κ1) is 22.4. The van der Waals surface area contributed by atoms with Crippen molar-refractivity contribution in [2.45, 2.75) is 18.4 Å². The van der Waals surface area contributed by atoms with Gasteiger partial charge in [0, 0.05) is 0 Å². The molecule has 0 spiro atoms. The molecule has 4 aromatic rings. The highest BCUT2D eigenvalue weighted by Crippen LogP contribution is 2.30. The number of rotatable bonds is 9. The van der Waals surface area contributed by atoms with Crippen molar-refractivity contribution in [3.05, 3.63) is 102 Å². The van der Waals surface area contributed by atoms with Gasteiger partial charge in [0.1, 0.15) is 6.61 Å². The van der Waals surface area contributed by atoms with Crippen LogP contribution in [0.4, 0.5) is 0 Å². The first-order valence-corrected chi connectivity index (χ1v) is 12.0. The molecule has 0 fully saturated rings. The average molecular weight is 461 g/mol. The Hall–Kier alpha value is -3.84. The normalized spacial score (nSPS) is 11.5. The van der Waals surface area contributed by atoms with Crippen LogP contribution in [0, 0.1) is 0 Å². The van der Waals surface area contributed by atoms with E-state index in [1.54, 1.807) is 36.4 Å². The first-order chi connectivity index (χ1) is 16.1. The summed E-state index contributed by atoms with van der Waals surface area (Å²) in [4.78, 5) is 2.37. The number of hydrogen-bond donors (Lipinski definition) is 1. The van der Waals surface area contributed by atoms with Crippen molar-refractivity contribution < 1.29 is 17.9 Å². The summed E-state index contributed by atoms with van der Waals surface area (Å²) in [6, 6.07) is 27.7. The predicted octanol–water partition coefficient (Wildman–Crippen LogP) is 5.13. The van der Waals surface area contributed by atoms with Crippen LogP contribution < -0.4 is 14.3 Å². The summed E-state index contributed by atoms with van der Waals surface area (Å²) in [6.07, 6.45) is 1.43. The topological polar surface area (TPSA) is 77.0 Å². The third kappa shape index (κ3) is 5.51. The molecule has 0 saturated heterocycles. The van der Waals surface area contributed by atoms with Gasteiger partial charge in [0.15, 0.2) is 11.5 Å². The summed E-state index contributed by atoms with van der Waals surface area (Å²) in [5.41, 5.74) is 1.75. The molecular formula is C26H24N2O4S. The minimum atomic E-state index is -3.72. The second-order valence-electron chi connectivity index (χ2n) is 7.23. The standard InChI is InChI=1S/C26H24N2O4S/c1-2-31-26-17-20(18-27-28-33(29,30)23-12-4-3-5-13-23)15-16-25(26)32-19-22-11-8-10-21-9-6-7-14-24(21)22/h3-18,28H,2,19H2,1H3/b27-18+. The fraction of sp³-hybridized carbons (Fsp3) is 0.115. The lowest BCUT2D eigenvalue weighted by Gasteiger charge is -2.13. The van der Waals surface area contributed by atoms with Gasteiger partial charge in [0.2, 0.25) is 0 Å². The Morgan fingerprint density at radius 3 is 2.42 bits per heavy atom. The summed E-state index contributed by atoms with van der Waals surface area (Å²) in [6.45, 7) is 2.75. The fourth-order valence-corrected chi connectivity index (χ4v) is 4.20. The van der Waals surface area contributed by atoms with Crippen LogP contribution in [-0.2, 0) is 16.6 Å². The zero-order valence-corrected chi connectivity index (χ0v) is 19.0. The molecule has 6 nitrogen and oxygen atoms in total. The molecule has 0 amide bonds. The third-order valence-electron chi connectivity index (χ3n) is 4.97. The van der Waals surface area contributed by atoms with Gasteiger partial charge >= 0.3 is 0 Å². The maximum atomic E-state index is 12.3. The minimum absolute atomic E-state index is 0.148. The molecule has 0 unspecified atom stereocenters. The number of benzene rings is 4. The Balaban J connectivity index is 1.48. The summed E-state index contributed by atoms with van der Waals surface area (Å²) in [5, 5.41) is 6.20. The van der Waals surface area contributed by atoms with Crippen LogP contribution in [0.2, 0.25) is 0 Å². The maximum absolute atomic E-state index is 12.3. The first-order valence-electron chi connectivity index (χ1n) is 10.5. The van der Waals surface area contributed by atoms with Gasteiger partial charge in [-0.15, -0.1) is 0 Å². The molecule has 0 aromatic heterocycles. The molecule has 1 N–H and O–H groups in total. The van der Waals surface area contributed by atoms with E-state index in [1.807, 2.05) is 31.2 Å². The largest absolute Gasteiger partial charge is 0.490 e. The molecule has 0 aliphatic heterocycles. The van der Waals surface area contributed by atoms with Crippen LogP contribution >= 0.6 is 0 Å². The molecule has 0 bridgehead atoms. The van der Waals surface area contributed by atoms with E-state index in [9.17, 15) is 8.42 Å². The molecule has 4 aromatic carbocycles. The van der Waals surface area contributed by atoms with Crippen molar-refractivity contribution in [1.29, 1.82) is 0 Å². The minimum Gasteiger partial charge on any atom is -0.490 e. The van der Waals surface area contributed by atoms with Crippen molar-refractivity contribution in [3.8, 4) is 11.5 Å². The SMILES string of the molecule is CCOc1cc(/C=N/NS(=O)(=O)c2ccccc2)ccc1OCc1cccc2ccccc12. The van der Waals surface area contributed by atoms with Crippen molar-refractivity contribution in [2.24, 2.45) is 5.10 Å². The molecule has 0 saturated carbocycles. The van der Waals surface area contributed by atoms with Gasteiger partial charge in [-0.25, -0.2) is 4.83 Å². The lowest BCUT2D eigenvalue weighted by molar-refractivity contribution is 0.270. The predicted molar refractivity (Wildman–Crippen MR) is 130 cm³/mol. The summed E-state index contributed by atoms with van der Waals surface area (Å²) >= 11 is 0. The third-order valence-corrected chi connectivity index (χ3v) is 6.21. The Morgan fingerprint density at radius 2 is 1.61 bits per heavy atom. The Morgan fingerprint density at radius 1 is 0.848 bits per heavy atom. The zero-order chi connectivity index (χ0) is 23.1. The van der Waals surface area contributed by atoms with Gasteiger partial charge in [-0.2, -0.15) is 13.5 Å². The van der Waals surface area contributed by atoms with Crippen LogP contribution in [0.3, 0.4) is 0 Å². The van der Waals surface area contributed by atoms with Crippen LogP contribution in [0.1, 0.15) is 18.1 Å². The number of fused-ring (bicyclic) bond motifs is 1. The maximum Gasteiger partial charge on any atom is 0.276 e. The molecule has 0 atom stereocenters. The lowest BCUT2D eigenvalue weighted by Crippen LogP contribution is -2.18. The highest BCUT2D eigenvalue weighted by Gasteiger charge is 2.12. The van der Waals surface area contributed by atoms with Crippen LogP contribution in [0.25, 0.3) is 10.8 Å². The van der Waals surface area contributed by atoms with E-state index in [-0.39, 0.29) is 4.90 Å². The lowest BCUT2D eigenvalue weighted by atomic mass is 10.1. The molecule has 0 aliphatic rings. The average Bonchev–Trinajstić information content (AvgIpc) is 2.84. The van der Waals surface area contributed by atoms with Gasteiger partial charge in [-0.3, -0.25) is 0 Å². The number of hydrazone groups is 1. The van der Waals surface area contributed by atoms with E-state index < -0.39 is 10.0 Å². The molecule has 0 heterocycles. The summed E-state index contributed by atoms with van der Waals surface area (Å²) in [5.74, 6) is 1.17. The van der Waals surface area contributed by atoms with Crippen molar-refractivity contribution in [2.75, 3.05) is 6.61 Å². The van der Waals surface area contributed by atoms with Crippen molar-refractivity contribution in [3.63, 3.8) is 0 Å². The highest BCUT2D eigenvalue weighted by atomic mass is 32.2. The molecule has 168 valence electrons. The van der Waals surface area contributed by atoms with Crippen LogP contribution in [0.5, 0.6) is 11.5 Å². The fourth-order valence-electron chi connectivity index (χ4n) is 3.39. The number of nitrogens with one attached hydrogen (secondary N) is 1. The number of sulfonamides is 1. The molecule has 0 aliphatic carbocycles. The van der Waals surface area contributed by atoms with E-state index in [1.165, 1.54) is 18.3 Å². The highest BCUT2D eigenvalue weighted by molar-refractivity contribution is 7.89. The van der Waals surface area contributed by atoms with E-state index in [2.05, 4.69) is 28.1 Å². The number of hydrogen-bond acceptors (Lipinski definition) is 5. The summed E-state index contributed by atoms with van der Waals surface area (Å²) in [7, 11) is -3.72. The monoisotopic (exact) mass is 460 g/mol. The van der Waals surface area contributed by atoms with Crippen molar-refractivity contribution >= 4 is 27.0 Å². The molecule has 4 rings (SSSR count). The van der Waals surface area contributed by atoms with Gasteiger partial charge in [0.05, 0.1) is 17.7 Å². The molecule has 7 heteroatoms. The van der Waals surface area contributed by atoms with E-state index in [4.69, 9.17) is 9.47 Å². The Kier molecular flexibility index (Phi) is 6.90. The molecular weight excluding hydrogens is 436 g/mol. The van der Waals surface area contributed by atoms with Gasteiger partial charge in [0.25, 0.3) is 10.0 Å². The molecule has 0 radical (unpaired) electrons. The van der Waals surface area contributed by atoms with E-state index in [0.717, 1.165) is 16.3 Å². The van der Waals surface area contributed by atoms with Gasteiger partial charge in [-0.1, -0.05) is 60.7 Å². The second kappa shape index (κ2) is 10.2. The Labute approximate surface area is 193 Å². The van der Waals surface area contributed by atoms with Crippen LogP contribution in [0.15, 0.2) is 101 Å². The quantitative estimate of drug-likeness (QED) is 0.277. The van der Waals surface area contributed by atoms with Crippen LogP contribution in [-0.4, -0.2) is 21.2 Å². The van der Waals surface area contributed by atoms with E-state index in [0.29, 0.717) is 30.3 Å². The van der Waals surface area contributed by atoms with Gasteiger partial charge < -0.3 is 9.47 Å². The Bertz CT molecular complexity index is 1360. The smallest absolute Gasteiger partial charge is 0.276 e. The molecule has 33 heavy (non-hydrogen) atoms. The van der Waals surface area contributed by atoms with Crippen molar-refractivity contribution in [1.82, 2.24) is 4.83 Å². The number of nitrogens with zero attached hydrogens (tertiary/aromatic N) is 1. The number of ether oxygens (including phenoxy) is 2.